The Morgan fingerprint density at radius 3 is 2.00 bits per heavy atom. The Bertz CT molecular complexity index is 625. The minimum absolute atomic E-state index is 0.181. The molecule has 3 rings (SSSR count). The molecule has 0 aromatic heterocycles. The molecule has 2 fully saturated rings. The summed E-state index contributed by atoms with van der Waals surface area (Å²) in [6.45, 7) is 6.13. The molecule has 1 aromatic rings. The molecule has 1 aromatic carbocycles. The van der Waals surface area contributed by atoms with Gasteiger partial charge in [-0.3, -0.25) is 14.6 Å². The second-order valence-corrected chi connectivity index (χ2v) is 6.40. The van der Waals surface area contributed by atoms with Gasteiger partial charge in [0.2, 0.25) is 5.91 Å². The van der Waals surface area contributed by atoms with Crippen LogP contribution in [-0.4, -0.2) is 78.5 Å². The van der Waals surface area contributed by atoms with Gasteiger partial charge in [0.05, 0.1) is 26.4 Å². The van der Waals surface area contributed by atoms with E-state index in [0.29, 0.717) is 63.7 Å². The fraction of sp³-hybridized carbons (Fsp3) is 0.588. The Morgan fingerprint density at radius 2 is 1.48 bits per heavy atom. The maximum atomic E-state index is 11.9. The molecule has 2 aliphatic heterocycles. The van der Waals surface area contributed by atoms with Crippen LogP contribution in [-0.2, 0) is 22.6 Å². The molecule has 0 radical (unpaired) electrons. The highest BCUT2D eigenvalue weighted by Gasteiger charge is 2.24. The first-order valence-electron chi connectivity index (χ1n) is 8.53. The number of phenolic OH excluding ortho intramolecular Hbond substituents is 2. The molecular formula is C17H25N3O5. The highest BCUT2D eigenvalue weighted by atomic mass is 16.5. The monoisotopic (exact) mass is 351 g/mol. The SMILES string of the molecule is NC(=O)c1cc(CN2CCOCC2)c(O)c(O)c1CN1CCOCC1. The molecule has 1 amide bonds. The number of ether oxygens (including phenoxy) is 2. The molecule has 0 aliphatic carbocycles. The number of carbonyl (C=O) groups is 1. The van der Waals surface area contributed by atoms with Gasteiger partial charge in [0.25, 0.3) is 0 Å². The van der Waals surface area contributed by atoms with E-state index in [1.165, 1.54) is 0 Å². The van der Waals surface area contributed by atoms with E-state index >= 15 is 0 Å². The number of phenols is 2. The lowest BCUT2D eigenvalue weighted by atomic mass is 9.99. The van der Waals surface area contributed by atoms with Gasteiger partial charge in [0.1, 0.15) is 0 Å². The van der Waals surface area contributed by atoms with Crippen molar-refractivity contribution < 1.29 is 24.5 Å². The van der Waals surface area contributed by atoms with Crippen LogP contribution >= 0.6 is 0 Å². The first-order chi connectivity index (χ1) is 12.1. The van der Waals surface area contributed by atoms with E-state index < -0.39 is 5.91 Å². The summed E-state index contributed by atoms with van der Waals surface area (Å²) in [6, 6.07) is 1.60. The van der Waals surface area contributed by atoms with Crippen molar-refractivity contribution in [3.63, 3.8) is 0 Å². The number of nitrogens with zero attached hydrogens (tertiary/aromatic N) is 2. The quantitative estimate of drug-likeness (QED) is 0.634. The van der Waals surface area contributed by atoms with Gasteiger partial charge in [-0.25, -0.2) is 0 Å². The number of amides is 1. The van der Waals surface area contributed by atoms with E-state index in [9.17, 15) is 15.0 Å². The lowest BCUT2D eigenvalue weighted by Gasteiger charge is -2.29. The van der Waals surface area contributed by atoms with Crippen LogP contribution in [0.5, 0.6) is 11.5 Å². The number of hydrogen-bond acceptors (Lipinski definition) is 7. The molecule has 2 heterocycles. The van der Waals surface area contributed by atoms with Crippen molar-refractivity contribution in [2.75, 3.05) is 52.6 Å². The normalized spacial score (nSPS) is 19.8. The molecular weight excluding hydrogens is 326 g/mol. The lowest BCUT2D eigenvalue weighted by molar-refractivity contribution is 0.0330. The topological polar surface area (TPSA) is 108 Å². The number of hydrogen-bond donors (Lipinski definition) is 3. The summed E-state index contributed by atoms with van der Waals surface area (Å²) in [7, 11) is 0. The van der Waals surface area contributed by atoms with Crippen LogP contribution in [0.2, 0.25) is 0 Å². The number of nitrogens with two attached hydrogens (primary N) is 1. The predicted molar refractivity (Wildman–Crippen MR) is 90.5 cm³/mol. The third kappa shape index (κ3) is 4.21. The molecule has 2 aliphatic rings. The van der Waals surface area contributed by atoms with E-state index in [1.54, 1.807) is 6.07 Å². The zero-order valence-corrected chi connectivity index (χ0v) is 14.2. The minimum atomic E-state index is -0.609. The second-order valence-electron chi connectivity index (χ2n) is 6.40. The second kappa shape index (κ2) is 8.01. The van der Waals surface area contributed by atoms with Crippen LogP contribution in [0.4, 0.5) is 0 Å². The van der Waals surface area contributed by atoms with Gasteiger partial charge in [-0.2, -0.15) is 0 Å². The fourth-order valence-corrected chi connectivity index (χ4v) is 3.24. The van der Waals surface area contributed by atoms with E-state index in [2.05, 4.69) is 9.80 Å². The number of primary amides is 1. The molecule has 0 unspecified atom stereocenters. The maximum absolute atomic E-state index is 11.9. The van der Waals surface area contributed by atoms with E-state index in [-0.39, 0.29) is 17.1 Å². The summed E-state index contributed by atoms with van der Waals surface area (Å²) < 4.78 is 10.6. The average molecular weight is 351 g/mol. The molecule has 0 bridgehead atoms. The van der Waals surface area contributed by atoms with Crippen LogP contribution < -0.4 is 5.73 Å². The Kier molecular flexibility index (Phi) is 5.74. The van der Waals surface area contributed by atoms with Crippen molar-refractivity contribution in [3.8, 4) is 11.5 Å². The Balaban J connectivity index is 1.86. The third-order valence-electron chi connectivity index (χ3n) is 4.71. The van der Waals surface area contributed by atoms with Gasteiger partial charge in [0, 0.05) is 56.0 Å². The smallest absolute Gasteiger partial charge is 0.249 e. The molecule has 4 N–H and O–H groups in total. The minimum Gasteiger partial charge on any atom is -0.504 e. The van der Waals surface area contributed by atoms with Crippen LogP contribution in [0.3, 0.4) is 0 Å². The standard InChI is InChI=1S/C17H25N3O5/c18-17(23)13-9-12(10-19-1-5-24-6-2-19)15(21)16(22)14(13)11-20-3-7-25-8-4-20/h9,21-22H,1-8,10-11H2,(H2,18,23). The van der Waals surface area contributed by atoms with E-state index in [0.717, 1.165) is 13.1 Å². The predicted octanol–water partition coefficient (Wildman–Crippen LogP) is -0.139. The van der Waals surface area contributed by atoms with Crippen LogP contribution in [0.15, 0.2) is 6.07 Å². The maximum Gasteiger partial charge on any atom is 0.249 e. The fourth-order valence-electron chi connectivity index (χ4n) is 3.24. The van der Waals surface area contributed by atoms with Gasteiger partial charge in [0.15, 0.2) is 11.5 Å². The van der Waals surface area contributed by atoms with Crippen molar-refractivity contribution in [2.45, 2.75) is 13.1 Å². The number of morpholine rings is 2. The van der Waals surface area contributed by atoms with Gasteiger partial charge in [-0.15, -0.1) is 0 Å². The molecule has 0 spiro atoms. The largest absolute Gasteiger partial charge is 0.504 e. The van der Waals surface area contributed by atoms with Gasteiger partial charge >= 0.3 is 0 Å². The summed E-state index contributed by atoms with van der Waals surface area (Å²) in [4.78, 5) is 16.1. The van der Waals surface area contributed by atoms with Crippen molar-refractivity contribution in [3.05, 3.63) is 22.8 Å². The first kappa shape index (κ1) is 17.9. The highest BCUT2D eigenvalue weighted by Crippen LogP contribution is 2.37. The molecule has 8 nitrogen and oxygen atoms in total. The summed E-state index contributed by atoms with van der Waals surface area (Å²) in [5, 5.41) is 21.0. The van der Waals surface area contributed by atoms with Crippen molar-refractivity contribution in [1.29, 1.82) is 0 Å². The van der Waals surface area contributed by atoms with Crippen LogP contribution in [0.25, 0.3) is 0 Å². The first-order valence-corrected chi connectivity index (χ1v) is 8.53. The zero-order valence-electron chi connectivity index (χ0n) is 14.2. The third-order valence-corrected chi connectivity index (χ3v) is 4.71. The molecule has 8 heteroatoms. The number of benzene rings is 1. The molecule has 25 heavy (non-hydrogen) atoms. The van der Waals surface area contributed by atoms with Gasteiger partial charge < -0.3 is 25.4 Å². The zero-order chi connectivity index (χ0) is 17.8. The van der Waals surface area contributed by atoms with Gasteiger partial charge in [-0.1, -0.05) is 0 Å². The Labute approximate surface area is 146 Å². The number of rotatable bonds is 5. The van der Waals surface area contributed by atoms with E-state index in [1.807, 2.05) is 0 Å². The Hall–Kier alpha value is -1.87. The Morgan fingerprint density at radius 1 is 0.960 bits per heavy atom. The summed E-state index contributed by atoms with van der Waals surface area (Å²) in [5.41, 5.74) is 6.66. The van der Waals surface area contributed by atoms with Crippen molar-refractivity contribution in [1.82, 2.24) is 9.80 Å². The van der Waals surface area contributed by atoms with Crippen molar-refractivity contribution >= 4 is 5.91 Å². The van der Waals surface area contributed by atoms with Crippen LogP contribution in [0.1, 0.15) is 21.5 Å². The van der Waals surface area contributed by atoms with E-state index in [4.69, 9.17) is 15.2 Å². The average Bonchev–Trinajstić information content (AvgIpc) is 2.63. The number of aromatic hydroxyl groups is 2. The molecule has 0 atom stereocenters. The number of carbonyl (C=O) groups excluding carboxylic acids is 1. The lowest BCUT2D eigenvalue weighted by Crippen LogP contribution is -2.36. The highest BCUT2D eigenvalue weighted by molar-refractivity contribution is 5.95. The summed E-state index contributed by atoms with van der Waals surface area (Å²) >= 11 is 0. The summed E-state index contributed by atoms with van der Waals surface area (Å²) in [5.74, 6) is -1.05. The van der Waals surface area contributed by atoms with Crippen molar-refractivity contribution in [2.24, 2.45) is 5.73 Å². The molecule has 0 saturated carbocycles. The molecule has 138 valence electrons. The molecule has 2 saturated heterocycles. The van der Waals surface area contributed by atoms with Gasteiger partial charge in [-0.05, 0) is 6.07 Å². The van der Waals surface area contributed by atoms with Crippen LogP contribution in [0, 0.1) is 0 Å². The summed E-state index contributed by atoms with van der Waals surface area (Å²) in [6.07, 6.45) is 0.